The summed E-state index contributed by atoms with van der Waals surface area (Å²) in [4.78, 5) is 0. The number of nitrogens with one attached hydrogen (secondary N) is 1. The van der Waals surface area contributed by atoms with Crippen molar-refractivity contribution in [3.63, 3.8) is 0 Å². The first-order chi connectivity index (χ1) is 8.52. The summed E-state index contributed by atoms with van der Waals surface area (Å²) in [7, 11) is -0.417. The first kappa shape index (κ1) is 14.7. The van der Waals surface area contributed by atoms with Crippen LogP contribution in [0.5, 0.6) is 11.5 Å². The zero-order valence-corrected chi connectivity index (χ0v) is 11.2. The number of hydrogen-bond acceptors (Lipinski definition) is 5. The van der Waals surface area contributed by atoms with Crippen molar-refractivity contribution >= 4 is 10.0 Å². The number of sulfonamides is 1. The lowest BCUT2D eigenvalue weighted by molar-refractivity contribution is 0.319. The molecule has 0 amide bonds. The molecule has 18 heavy (non-hydrogen) atoms. The third-order valence-corrected chi connectivity index (χ3v) is 3.64. The van der Waals surface area contributed by atoms with Crippen LogP contribution >= 0.6 is 0 Å². The second-order valence-electron chi connectivity index (χ2n) is 3.54. The van der Waals surface area contributed by atoms with Crippen LogP contribution in [0.4, 0.5) is 0 Å². The predicted molar refractivity (Wildman–Crippen MR) is 67.3 cm³/mol. The summed E-state index contributed by atoms with van der Waals surface area (Å²) in [6.45, 7) is -0.301. The minimum atomic E-state index is -3.46. The van der Waals surface area contributed by atoms with Gasteiger partial charge in [-0.15, -0.1) is 0 Å². The molecule has 0 unspecified atom stereocenters. The van der Waals surface area contributed by atoms with E-state index in [1.54, 1.807) is 25.3 Å². The smallest absolute Gasteiger partial charge is 0.214 e. The fourth-order valence-electron chi connectivity index (χ4n) is 1.38. The molecule has 0 aliphatic rings. The van der Waals surface area contributed by atoms with Gasteiger partial charge in [0.15, 0.2) is 0 Å². The van der Waals surface area contributed by atoms with Crippen molar-refractivity contribution in [3.8, 4) is 11.5 Å². The van der Waals surface area contributed by atoms with Crippen molar-refractivity contribution in [2.45, 2.75) is 6.54 Å². The molecule has 1 aromatic carbocycles. The fourth-order valence-corrected chi connectivity index (χ4v) is 2.14. The van der Waals surface area contributed by atoms with Gasteiger partial charge in [-0.25, -0.2) is 13.1 Å². The zero-order valence-electron chi connectivity index (χ0n) is 10.3. The highest BCUT2D eigenvalue weighted by Gasteiger charge is 2.11. The van der Waals surface area contributed by atoms with Crippen molar-refractivity contribution in [2.75, 3.05) is 26.6 Å². The van der Waals surface area contributed by atoms with Crippen LogP contribution in [-0.4, -0.2) is 40.1 Å². The molecule has 0 atom stereocenters. The molecular formula is C11H17NO5S. The van der Waals surface area contributed by atoms with E-state index in [0.717, 1.165) is 0 Å². The highest BCUT2D eigenvalue weighted by Crippen LogP contribution is 2.24. The molecule has 0 aliphatic heterocycles. The monoisotopic (exact) mass is 275 g/mol. The Morgan fingerprint density at radius 2 is 2.00 bits per heavy atom. The van der Waals surface area contributed by atoms with E-state index in [0.29, 0.717) is 17.1 Å². The number of ether oxygens (including phenoxy) is 2. The topological polar surface area (TPSA) is 84.9 Å². The van der Waals surface area contributed by atoms with Crippen LogP contribution in [0.1, 0.15) is 5.56 Å². The molecule has 1 aromatic rings. The van der Waals surface area contributed by atoms with E-state index in [2.05, 4.69) is 4.72 Å². The lowest BCUT2D eigenvalue weighted by atomic mass is 10.2. The molecule has 2 N–H and O–H groups in total. The lowest BCUT2D eigenvalue weighted by Crippen LogP contribution is -2.27. The van der Waals surface area contributed by atoms with E-state index in [1.165, 1.54) is 7.11 Å². The lowest BCUT2D eigenvalue weighted by Gasteiger charge is -2.11. The van der Waals surface area contributed by atoms with Gasteiger partial charge < -0.3 is 14.6 Å². The number of aliphatic hydroxyl groups is 1. The van der Waals surface area contributed by atoms with Gasteiger partial charge in [-0.05, 0) is 6.07 Å². The van der Waals surface area contributed by atoms with Crippen molar-refractivity contribution in [3.05, 3.63) is 23.8 Å². The Morgan fingerprint density at radius 3 is 2.56 bits per heavy atom. The van der Waals surface area contributed by atoms with Gasteiger partial charge >= 0.3 is 0 Å². The minimum absolute atomic E-state index is 0.107. The molecule has 0 fully saturated rings. The van der Waals surface area contributed by atoms with Crippen LogP contribution in [0, 0.1) is 0 Å². The van der Waals surface area contributed by atoms with Crippen molar-refractivity contribution in [1.29, 1.82) is 0 Å². The Hall–Kier alpha value is -1.31. The molecule has 1 rings (SSSR count). The van der Waals surface area contributed by atoms with Crippen molar-refractivity contribution in [2.24, 2.45) is 0 Å². The molecule has 0 saturated carbocycles. The Labute approximate surface area is 107 Å². The second kappa shape index (κ2) is 6.58. The summed E-state index contributed by atoms with van der Waals surface area (Å²) in [6, 6.07) is 5.12. The normalized spacial score (nSPS) is 11.3. The van der Waals surface area contributed by atoms with Gasteiger partial charge in [0.1, 0.15) is 11.5 Å². The Morgan fingerprint density at radius 1 is 1.28 bits per heavy atom. The maximum absolute atomic E-state index is 11.4. The number of rotatable bonds is 7. The molecule has 102 valence electrons. The number of benzene rings is 1. The Bertz CT molecular complexity index is 486. The maximum Gasteiger partial charge on any atom is 0.214 e. The van der Waals surface area contributed by atoms with Gasteiger partial charge in [0.05, 0.1) is 26.6 Å². The van der Waals surface area contributed by atoms with E-state index in [9.17, 15) is 8.42 Å². The number of methoxy groups -OCH3 is 2. The minimum Gasteiger partial charge on any atom is -0.497 e. The van der Waals surface area contributed by atoms with Crippen molar-refractivity contribution < 1.29 is 23.0 Å². The largest absolute Gasteiger partial charge is 0.497 e. The summed E-state index contributed by atoms with van der Waals surface area (Å²) < 4.78 is 35.4. The molecule has 7 heteroatoms. The first-order valence-corrected chi connectivity index (χ1v) is 6.96. The van der Waals surface area contributed by atoms with Gasteiger partial charge in [0, 0.05) is 18.2 Å². The van der Waals surface area contributed by atoms with Crippen LogP contribution in [-0.2, 0) is 16.6 Å². The summed E-state index contributed by atoms with van der Waals surface area (Å²) >= 11 is 0. The van der Waals surface area contributed by atoms with Gasteiger partial charge in [0.25, 0.3) is 0 Å². The number of hydrogen-bond donors (Lipinski definition) is 2. The van der Waals surface area contributed by atoms with Crippen LogP contribution in [0.25, 0.3) is 0 Å². The summed E-state index contributed by atoms with van der Waals surface area (Å²) in [5, 5.41) is 8.61. The maximum atomic E-state index is 11.4. The highest BCUT2D eigenvalue weighted by atomic mass is 32.2. The molecule has 6 nitrogen and oxygen atoms in total. The molecule has 0 aromatic heterocycles. The van der Waals surface area contributed by atoms with Crippen LogP contribution < -0.4 is 14.2 Å². The predicted octanol–water partition coefficient (Wildman–Crippen LogP) is 0.115. The molecule has 0 spiro atoms. The number of aliphatic hydroxyl groups excluding tert-OH is 1. The average Bonchev–Trinajstić information content (AvgIpc) is 2.36. The van der Waals surface area contributed by atoms with Crippen LogP contribution in [0.15, 0.2) is 18.2 Å². The molecule has 0 radical (unpaired) electrons. The Balaban J connectivity index is 2.79. The Kier molecular flexibility index (Phi) is 5.39. The molecule has 0 heterocycles. The summed E-state index contributed by atoms with van der Waals surface area (Å²) in [5.41, 5.74) is 0.694. The molecule has 0 saturated heterocycles. The zero-order chi connectivity index (χ0) is 13.6. The van der Waals surface area contributed by atoms with E-state index in [-0.39, 0.29) is 12.3 Å². The fraction of sp³-hybridized carbons (Fsp3) is 0.455. The third kappa shape index (κ3) is 4.17. The highest BCUT2D eigenvalue weighted by molar-refractivity contribution is 7.89. The quantitative estimate of drug-likeness (QED) is 0.738. The summed E-state index contributed by atoms with van der Waals surface area (Å²) in [5.74, 6) is 0.862. The van der Waals surface area contributed by atoms with Gasteiger partial charge in [0.2, 0.25) is 10.0 Å². The van der Waals surface area contributed by atoms with Gasteiger partial charge in [-0.1, -0.05) is 6.07 Å². The van der Waals surface area contributed by atoms with Crippen LogP contribution in [0.3, 0.4) is 0 Å². The van der Waals surface area contributed by atoms with Gasteiger partial charge in [-0.3, -0.25) is 0 Å². The third-order valence-electron chi connectivity index (χ3n) is 2.34. The van der Waals surface area contributed by atoms with Crippen LogP contribution in [0.2, 0.25) is 0 Å². The molecule has 0 bridgehead atoms. The van der Waals surface area contributed by atoms with Crippen molar-refractivity contribution in [1.82, 2.24) is 4.72 Å². The second-order valence-corrected chi connectivity index (χ2v) is 5.47. The van der Waals surface area contributed by atoms with E-state index < -0.39 is 16.6 Å². The average molecular weight is 275 g/mol. The molecular weight excluding hydrogens is 258 g/mol. The van der Waals surface area contributed by atoms with E-state index >= 15 is 0 Å². The SMILES string of the molecule is COc1ccc(CNS(=O)(=O)CCO)c(OC)c1. The molecule has 0 aliphatic carbocycles. The standard InChI is InChI=1S/C11H17NO5S/c1-16-10-4-3-9(11(7-10)17-2)8-12-18(14,15)6-5-13/h3-4,7,12-13H,5-6,8H2,1-2H3. The first-order valence-electron chi connectivity index (χ1n) is 5.31. The van der Waals surface area contributed by atoms with Gasteiger partial charge in [-0.2, -0.15) is 0 Å². The summed E-state index contributed by atoms with van der Waals surface area (Å²) in [6.07, 6.45) is 0. The van der Waals surface area contributed by atoms with E-state index in [1.807, 2.05) is 0 Å². The van der Waals surface area contributed by atoms with E-state index in [4.69, 9.17) is 14.6 Å².